The highest BCUT2D eigenvalue weighted by Crippen LogP contribution is 2.24. The molecule has 0 saturated carbocycles. The molecular formula is C17H30N2O4S. The lowest BCUT2D eigenvalue weighted by Crippen LogP contribution is -2.33. The van der Waals surface area contributed by atoms with Gasteiger partial charge < -0.3 is 9.52 Å². The van der Waals surface area contributed by atoms with Crippen LogP contribution >= 0.6 is 0 Å². The van der Waals surface area contributed by atoms with Gasteiger partial charge in [0.25, 0.3) is 10.0 Å². The highest BCUT2D eigenvalue weighted by Gasteiger charge is 2.30. The molecule has 1 aliphatic rings. The predicted octanol–water partition coefficient (Wildman–Crippen LogP) is 2.29. The lowest BCUT2D eigenvalue weighted by molar-refractivity contribution is 0.154. The fourth-order valence-electron chi connectivity index (χ4n) is 3.04. The van der Waals surface area contributed by atoms with E-state index in [0.29, 0.717) is 31.8 Å². The Labute approximate surface area is 145 Å². The molecule has 1 N–H and O–H groups in total. The summed E-state index contributed by atoms with van der Waals surface area (Å²) in [5, 5.41) is 9.12. The van der Waals surface area contributed by atoms with Crippen molar-refractivity contribution in [1.82, 2.24) is 9.21 Å². The minimum absolute atomic E-state index is 0.0391. The van der Waals surface area contributed by atoms with Crippen LogP contribution < -0.4 is 0 Å². The predicted molar refractivity (Wildman–Crippen MR) is 93.1 cm³/mol. The lowest BCUT2D eigenvalue weighted by atomic mass is 9.96. The molecule has 0 unspecified atom stereocenters. The van der Waals surface area contributed by atoms with Crippen molar-refractivity contribution >= 4 is 10.0 Å². The van der Waals surface area contributed by atoms with Crippen molar-refractivity contribution in [3.05, 3.63) is 17.9 Å². The van der Waals surface area contributed by atoms with Gasteiger partial charge in [0, 0.05) is 32.8 Å². The van der Waals surface area contributed by atoms with E-state index in [4.69, 9.17) is 9.52 Å². The summed E-state index contributed by atoms with van der Waals surface area (Å²) in [6, 6.07) is 3.31. The number of hydrogen-bond acceptors (Lipinski definition) is 5. The van der Waals surface area contributed by atoms with Gasteiger partial charge in [-0.15, -0.1) is 0 Å². The Morgan fingerprint density at radius 3 is 2.50 bits per heavy atom. The van der Waals surface area contributed by atoms with Gasteiger partial charge in [0.1, 0.15) is 5.76 Å². The zero-order valence-electron chi connectivity index (χ0n) is 15.0. The van der Waals surface area contributed by atoms with Gasteiger partial charge in [-0.05, 0) is 36.8 Å². The minimum atomic E-state index is -3.50. The van der Waals surface area contributed by atoms with Gasteiger partial charge in [0.2, 0.25) is 5.09 Å². The third-order valence-corrected chi connectivity index (χ3v) is 5.78. The van der Waals surface area contributed by atoms with Crippen molar-refractivity contribution in [3.63, 3.8) is 0 Å². The Balaban J connectivity index is 2.07. The topological polar surface area (TPSA) is 74.0 Å². The summed E-state index contributed by atoms with van der Waals surface area (Å²) in [4.78, 5) is 2.20. The fourth-order valence-corrected chi connectivity index (χ4v) is 4.48. The van der Waals surface area contributed by atoms with Crippen LogP contribution in [-0.2, 0) is 16.6 Å². The highest BCUT2D eigenvalue weighted by molar-refractivity contribution is 7.89. The van der Waals surface area contributed by atoms with Gasteiger partial charge in [-0.1, -0.05) is 20.8 Å². The number of aliphatic hydroxyl groups is 1. The highest BCUT2D eigenvalue weighted by atomic mass is 32.2. The van der Waals surface area contributed by atoms with Gasteiger partial charge >= 0.3 is 0 Å². The molecule has 24 heavy (non-hydrogen) atoms. The monoisotopic (exact) mass is 358 g/mol. The summed E-state index contributed by atoms with van der Waals surface area (Å²) in [6.07, 6.45) is 2.51. The van der Waals surface area contributed by atoms with Crippen LogP contribution in [-0.4, -0.2) is 55.5 Å². The van der Waals surface area contributed by atoms with Gasteiger partial charge in [-0.25, -0.2) is 8.42 Å². The molecule has 1 aliphatic heterocycles. The third-order valence-electron chi connectivity index (χ3n) is 4.01. The van der Waals surface area contributed by atoms with E-state index in [-0.39, 0.29) is 17.1 Å². The second-order valence-electron chi connectivity index (χ2n) is 7.68. The van der Waals surface area contributed by atoms with Crippen LogP contribution in [0.4, 0.5) is 0 Å². The Bertz CT molecular complexity index is 613. The molecule has 1 fully saturated rings. The van der Waals surface area contributed by atoms with Gasteiger partial charge in [-0.3, -0.25) is 4.90 Å². The Morgan fingerprint density at radius 2 is 1.92 bits per heavy atom. The van der Waals surface area contributed by atoms with E-state index in [1.54, 1.807) is 12.1 Å². The molecule has 0 aromatic carbocycles. The number of sulfonamides is 1. The molecule has 2 rings (SSSR count). The first-order chi connectivity index (χ1) is 11.2. The molecule has 0 aliphatic carbocycles. The maximum Gasteiger partial charge on any atom is 0.276 e. The van der Waals surface area contributed by atoms with E-state index >= 15 is 0 Å². The van der Waals surface area contributed by atoms with Crippen molar-refractivity contribution in [2.75, 3.05) is 32.8 Å². The number of furan rings is 1. The molecule has 1 aromatic heterocycles. The minimum Gasteiger partial charge on any atom is -0.447 e. The maximum atomic E-state index is 12.5. The van der Waals surface area contributed by atoms with Crippen LogP contribution in [0.5, 0.6) is 0 Å². The summed E-state index contributed by atoms with van der Waals surface area (Å²) in [5.74, 6) is 0.648. The van der Waals surface area contributed by atoms with E-state index in [2.05, 4.69) is 25.7 Å². The molecule has 2 heterocycles. The molecule has 7 heteroatoms. The van der Waals surface area contributed by atoms with Crippen molar-refractivity contribution < 1.29 is 17.9 Å². The molecular weight excluding hydrogens is 328 g/mol. The summed E-state index contributed by atoms with van der Waals surface area (Å²) < 4.78 is 32.2. The zero-order chi connectivity index (χ0) is 17.8. The van der Waals surface area contributed by atoms with E-state index in [9.17, 15) is 8.42 Å². The van der Waals surface area contributed by atoms with Gasteiger partial charge in [0.05, 0.1) is 6.54 Å². The first kappa shape index (κ1) is 19.4. The first-order valence-corrected chi connectivity index (χ1v) is 10.1. The standard InChI is InChI=1S/C17H30N2O4S/c1-17(2,3)14-18(9-6-12-20)13-15-7-8-16(23-15)24(21,22)19-10-4-5-11-19/h7-8,20H,4-6,9-14H2,1-3H3. The van der Waals surface area contributed by atoms with E-state index in [0.717, 1.165) is 25.9 Å². The van der Waals surface area contributed by atoms with E-state index < -0.39 is 10.0 Å². The SMILES string of the molecule is CC(C)(C)CN(CCCO)Cc1ccc(S(=O)(=O)N2CCCC2)o1. The second-order valence-corrected chi connectivity index (χ2v) is 9.55. The zero-order valence-corrected chi connectivity index (χ0v) is 15.8. The molecule has 0 radical (unpaired) electrons. The smallest absolute Gasteiger partial charge is 0.276 e. The summed E-state index contributed by atoms with van der Waals surface area (Å²) >= 11 is 0. The average Bonchev–Trinajstić information content (AvgIpc) is 3.14. The Hall–Kier alpha value is -0.890. The second kappa shape index (κ2) is 7.99. The normalized spacial score (nSPS) is 17.0. The van der Waals surface area contributed by atoms with Crippen LogP contribution in [0.1, 0.15) is 45.8 Å². The van der Waals surface area contributed by atoms with E-state index in [1.807, 2.05) is 0 Å². The van der Waals surface area contributed by atoms with Crippen LogP contribution in [0.2, 0.25) is 0 Å². The molecule has 0 bridgehead atoms. The molecule has 1 saturated heterocycles. The van der Waals surface area contributed by atoms with Crippen molar-refractivity contribution in [2.24, 2.45) is 5.41 Å². The number of rotatable bonds is 8. The summed E-state index contributed by atoms with van der Waals surface area (Å²) in [6.45, 7) is 9.92. The molecule has 0 amide bonds. The van der Waals surface area contributed by atoms with Gasteiger partial charge in [-0.2, -0.15) is 4.31 Å². The molecule has 6 nitrogen and oxygen atoms in total. The molecule has 1 aromatic rings. The van der Waals surface area contributed by atoms with Crippen molar-refractivity contribution in [1.29, 1.82) is 0 Å². The largest absolute Gasteiger partial charge is 0.447 e. The van der Waals surface area contributed by atoms with Crippen molar-refractivity contribution in [3.8, 4) is 0 Å². The number of nitrogens with zero attached hydrogens (tertiary/aromatic N) is 2. The van der Waals surface area contributed by atoms with E-state index in [1.165, 1.54) is 4.31 Å². The van der Waals surface area contributed by atoms with Gasteiger partial charge in [0.15, 0.2) is 0 Å². The number of aliphatic hydroxyl groups excluding tert-OH is 1. The van der Waals surface area contributed by atoms with Crippen LogP contribution in [0.3, 0.4) is 0 Å². The maximum absolute atomic E-state index is 12.5. The van der Waals surface area contributed by atoms with Crippen LogP contribution in [0, 0.1) is 5.41 Å². The van der Waals surface area contributed by atoms with Crippen LogP contribution in [0.15, 0.2) is 21.6 Å². The Morgan fingerprint density at radius 1 is 1.25 bits per heavy atom. The fraction of sp³-hybridized carbons (Fsp3) is 0.765. The first-order valence-electron chi connectivity index (χ1n) is 8.64. The summed E-state index contributed by atoms with van der Waals surface area (Å²) in [5.41, 5.74) is 0.118. The lowest BCUT2D eigenvalue weighted by Gasteiger charge is -2.29. The molecule has 0 spiro atoms. The van der Waals surface area contributed by atoms with Crippen LogP contribution in [0.25, 0.3) is 0 Å². The average molecular weight is 359 g/mol. The quantitative estimate of drug-likeness (QED) is 0.772. The third kappa shape index (κ3) is 5.31. The molecule has 0 atom stereocenters. The molecule has 138 valence electrons. The summed E-state index contributed by atoms with van der Waals surface area (Å²) in [7, 11) is -3.50. The number of hydrogen-bond donors (Lipinski definition) is 1. The van der Waals surface area contributed by atoms with Crippen molar-refractivity contribution in [2.45, 2.75) is 51.7 Å². The Kier molecular flexibility index (Phi) is 6.47.